The van der Waals surface area contributed by atoms with Gasteiger partial charge in [-0.3, -0.25) is 9.59 Å². The molecule has 4 aliphatic carbocycles. The first-order valence-electron chi connectivity index (χ1n) is 15.1. The Hall–Kier alpha value is -2.10. The highest BCUT2D eigenvalue weighted by Gasteiger charge is 2.57. The summed E-state index contributed by atoms with van der Waals surface area (Å²) in [6, 6.07) is 0. The standard InChI is InChI=1S/C33H48O4/c1-7-22-13-17-26(9-3)32(11-5,20-22)36-30(34)28-24-15-16-25(19-24)29(28)31(35)37-33(12-6)21-23(8-2)14-18-27(33)10-4/h13-14,17-18,20-21,24-29H,7-12,15-16,19H2,1-6H3. The fourth-order valence-corrected chi connectivity index (χ4v) is 7.71. The number of allylic oxidation sites excluding steroid dienone is 4. The number of hydrogen-bond donors (Lipinski definition) is 0. The van der Waals surface area contributed by atoms with Crippen molar-refractivity contribution < 1.29 is 19.1 Å². The van der Waals surface area contributed by atoms with E-state index in [1.165, 1.54) is 11.1 Å². The van der Waals surface area contributed by atoms with Crippen molar-refractivity contribution in [3.05, 3.63) is 47.6 Å². The van der Waals surface area contributed by atoms with Gasteiger partial charge in [0.2, 0.25) is 0 Å². The number of carbonyl (C=O) groups excluding carboxylic acids is 2. The summed E-state index contributed by atoms with van der Waals surface area (Å²) in [5.41, 5.74) is 1.16. The summed E-state index contributed by atoms with van der Waals surface area (Å²) < 4.78 is 13.0. The summed E-state index contributed by atoms with van der Waals surface area (Å²) >= 11 is 0. The SMILES string of the molecule is CCC1=CC(CC)(OC(=O)C2C3CCC(C3)C2C(=O)OC2(CC)C=C(CC)C=CC2CC)C(CC)C=C1. The Morgan fingerprint density at radius 3 is 1.46 bits per heavy atom. The molecule has 0 aliphatic heterocycles. The molecular formula is C33H48O4. The van der Waals surface area contributed by atoms with E-state index in [0.717, 1.165) is 57.8 Å². The Morgan fingerprint density at radius 1 is 0.730 bits per heavy atom. The van der Waals surface area contributed by atoms with Crippen molar-refractivity contribution in [1.82, 2.24) is 0 Å². The Bertz CT molecular complexity index is 908. The molecule has 4 aliphatic rings. The average Bonchev–Trinajstić information content (AvgIpc) is 3.55. The van der Waals surface area contributed by atoms with Crippen LogP contribution >= 0.6 is 0 Å². The Morgan fingerprint density at radius 2 is 1.14 bits per heavy atom. The molecular weight excluding hydrogens is 460 g/mol. The minimum Gasteiger partial charge on any atom is -0.454 e. The molecule has 0 aromatic carbocycles. The molecule has 0 saturated heterocycles. The molecule has 0 N–H and O–H groups in total. The van der Waals surface area contributed by atoms with E-state index in [9.17, 15) is 9.59 Å². The third-order valence-corrected chi connectivity index (χ3v) is 10.0. The van der Waals surface area contributed by atoms with E-state index in [-0.39, 0.29) is 35.6 Å². The second-order valence-corrected chi connectivity index (χ2v) is 11.7. The minimum atomic E-state index is -0.632. The number of carbonyl (C=O) groups is 2. The number of ether oxygens (including phenoxy) is 2. The average molecular weight is 509 g/mol. The van der Waals surface area contributed by atoms with Gasteiger partial charge >= 0.3 is 11.9 Å². The topological polar surface area (TPSA) is 52.6 Å². The predicted octanol–water partition coefficient (Wildman–Crippen LogP) is 7.90. The maximum atomic E-state index is 14.0. The minimum absolute atomic E-state index is 0.154. The van der Waals surface area contributed by atoms with Crippen LogP contribution in [0.5, 0.6) is 0 Å². The molecule has 4 rings (SSSR count). The van der Waals surface area contributed by atoms with Crippen molar-refractivity contribution in [2.24, 2.45) is 35.5 Å². The van der Waals surface area contributed by atoms with Crippen molar-refractivity contribution in [3.63, 3.8) is 0 Å². The van der Waals surface area contributed by atoms with E-state index in [4.69, 9.17) is 9.47 Å². The summed E-state index contributed by atoms with van der Waals surface area (Å²) in [6.45, 7) is 12.8. The monoisotopic (exact) mass is 508 g/mol. The van der Waals surface area contributed by atoms with Gasteiger partial charge in [0.15, 0.2) is 0 Å². The van der Waals surface area contributed by atoms with Gasteiger partial charge in [-0.25, -0.2) is 0 Å². The first kappa shape index (κ1) is 27.9. The molecule has 0 aromatic heterocycles. The lowest BCUT2D eigenvalue weighted by Gasteiger charge is -2.42. The molecule has 37 heavy (non-hydrogen) atoms. The van der Waals surface area contributed by atoms with Crippen molar-refractivity contribution in [1.29, 1.82) is 0 Å². The number of rotatable bonds is 10. The summed E-state index contributed by atoms with van der Waals surface area (Å²) in [6.07, 6.45) is 21.2. The molecule has 0 aromatic rings. The fourth-order valence-electron chi connectivity index (χ4n) is 7.71. The smallest absolute Gasteiger partial charge is 0.310 e. The maximum absolute atomic E-state index is 14.0. The van der Waals surface area contributed by atoms with Crippen molar-refractivity contribution in [2.75, 3.05) is 0 Å². The van der Waals surface area contributed by atoms with Crippen LogP contribution in [0.15, 0.2) is 47.6 Å². The van der Waals surface area contributed by atoms with Crippen LogP contribution < -0.4 is 0 Å². The van der Waals surface area contributed by atoms with Crippen LogP contribution in [0, 0.1) is 35.5 Å². The summed E-state index contributed by atoms with van der Waals surface area (Å²) in [7, 11) is 0. The molecule has 4 heteroatoms. The van der Waals surface area contributed by atoms with E-state index >= 15 is 0 Å². The third-order valence-electron chi connectivity index (χ3n) is 10.0. The molecule has 204 valence electrons. The van der Waals surface area contributed by atoms with Crippen molar-refractivity contribution >= 4 is 11.9 Å². The quantitative estimate of drug-likeness (QED) is 0.281. The molecule has 0 amide bonds. The van der Waals surface area contributed by atoms with E-state index in [2.05, 4.69) is 78.0 Å². The first-order chi connectivity index (χ1) is 17.8. The summed E-state index contributed by atoms with van der Waals surface area (Å²) in [5, 5.41) is 0. The van der Waals surface area contributed by atoms with Gasteiger partial charge in [-0.1, -0.05) is 65.8 Å². The Labute approximate surface area is 224 Å². The van der Waals surface area contributed by atoms with Gasteiger partial charge in [0, 0.05) is 11.8 Å². The largest absolute Gasteiger partial charge is 0.454 e. The zero-order valence-corrected chi connectivity index (χ0v) is 23.9. The van der Waals surface area contributed by atoms with Crippen molar-refractivity contribution in [3.8, 4) is 0 Å². The number of fused-ring (bicyclic) bond motifs is 2. The van der Waals surface area contributed by atoms with Crippen LogP contribution in [0.3, 0.4) is 0 Å². The molecule has 4 nitrogen and oxygen atoms in total. The Balaban J connectivity index is 1.60. The van der Waals surface area contributed by atoms with Crippen LogP contribution in [0.1, 0.15) is 99.3 Å². The van der Waals surface area contributed by atoms with Gasteiger partial charge in [0.05, 0.1) is 11.8 Å². The zero-order valence-electron chi connectivity index (χ0n) is 23.9. The van der Waals surface area contributed by atoms with Crippen LogP contribution in [0.2, 0.25) is 0 Å². The molecule has 0 spiro atoms. The fraction of sp³-hybridized carbons (Fsp3) is 0.697. The van der Waals surface area contributed by atoms with Gasteiger partial charge < -0.3 is 9.47 Å². The van der Waals surface area contributed by atoms with Gasteiger partial charge in [0.1, 0.15) is 11.2 Å². The second-order valence-electron chi connectivity index (χ2n) is 11.7. The van der Waals surface area contributed by atoms with Gasteiger partial charge in [0.25, 0.3) is 0 Å². The summed E-state index contributed by atoms with van der Waals surface area (Å²) in [5.74, 6) is -0.457. The maximum Gasteiger partial charge on any atom is 0.310 e. The normalized spacial score (nSPS) is 38.3. The summed E-state index contributed by atoms with van der Waals surface area (Å²) in [4.78, 5) is 28.0. The highest BCUT2D eigenvalue weighted by atomic mass is 16.6. The van der Waals surface area contributed by atoms with E-state index < -0.39 is 23.0 Å². The molecule has 2 fully saturated rings. The third kappa shape index (κ3) is 5.02. The van der Waals surface area contributed by atoms with Crippen LogP contribution in [-0.4, -0.2) is 23.1 Å². The van der Waals surface area contributed by atoms with Crippen LogP contribution in [0.4, 0.5) is 0 Å². The Kier molecular flexibility index (Phi) is 8.55. The highest BCUT2D eigenvalue weighted by Crippen LogP contribution is 2.54. The highest BCUT2D eigenvalue weighted by molar-refractivity contribution is 5.84. The first-order valence-corrected chi connectivity index (χ1v) is 15.1. The van der Waals surface area contributed by atoms with E-state index in [1.54, 1.807) is 0 Å². The molecule has 2 bridgehead atoms. The molecule has 0 heterocycles. The molecule has 8 atom stereocenters. The lowest BCUT2D eigenvalue weighted by atomic mass is 9.75. The van der Waals surface area contributed by atoms with Gasteiger partial charge in [-0.05, 0) is 92.9 Å². The predicted molar refractivity (Wildman–Crippen MR) is 149 cm³/mol. The second kappa shape index (κ2) is 11.3. The van der Waals surface area contributed by atoms with Gasteiger partial charge in [-0.2, -0.15) is 0 Å². The molecule has 8 unspecified atom stereocenters. The van der Waals surface area contributed by atoms with Crippen molar-refractivity contribution in [2.45, 2.75) is 111 Å². The lowest BCUT2D eigenvalue weighted by Crippen LogP contribution is -2.48. The molecule has 2 saturated carbocycles. The van der Waals surface area contributed by atoms with Gasteiger partial charge in [-0.15, -0.1) is 0 Å². The van der Waals surface area contributed by atoms with Crippen LogP contribution in [0.25, 0.3) is 0 Å². The number of esters is 2. The molecule has 0 radical (unpaired) electrons. The zero-order chi connectivity index (χ0) is 26.8. The lowest BCUT2D eigenvalue weighted by molar-refractivity contribution is -0.180. The number of hydrogen-bond acceptors (Lipinski definition) is 4. The van der Waals surface area contributed by atoms with E-state index in [0.29, 0.717) is 0 Å². The van der Waals surface area contributed by atoms with Crippen LogP contribution in [-0.2, 0) is 19.1 Å². The van der Waals surface area contributed by atoms with E-state index in [1.807, 2.05) is 0 Å².